The van der Waals surface area contributed by atoms with Crippen LogP contribution in [0.15, 0.2) is 28.5 Å². The summed E-state index contributed by atoms with van der Waals surface area (Å²) in [5.74, 6) is 0.419. The first-order chi connectivity index (χ1) is 13.9. The number of nitrogens with zero attached hydrogens (tertiary/aromatic N) is 2. The van der Waals surface area contributed by atoms with Gasteiger partial charge in [-0.3, -0.25) is 0 Å². The van der Waals surface area contributed by atoms with Crippen LogP contribution in [0.1, 0.15) is 41.2 Å². The number of esters is 1. The van der Waals surface area contributed by atoms with E-state index >= 15 is 0 Å². The van der Waals surface area contributed by atoms with E-state index in [1.54, 1.807) is 24.4 Å². The highest BCUT2D eigenvalue weighted by Crippen LogP contribution is 2.35. The standard InChI is InChI=1S/C19H24N2O6S2/c1-4-27-19(22)15-12-28-18(20-15)13-7-9-21(10-8-13)29(23,24)17-11-14(25-2)5-6-16(17)26-3/h5-6,11-13H,4,7-10H2,1-3H3. The van der Waals surface area contributed by atoms with E-state index in [9.17, 15) is 13.2 Å². The lowest BCUT2D eigenvalue weighted by molar-refractivity contribution is 0.0520. The number of hydrogen-bond donors (Lipinski definition) is 0. The first-order valence-corrected chi connectivity index (χ1v) is 11.6. The van der Waals surface area contributed by atoms with Crippen molar-refractivity contribution in [2.75, 3.05) is 33.9 Å². The van der Waals surface area contributed by atoms with Crippen molar-refractivity contribution in [3.8, 4) is 11.5 Å². The molecular formula is C19H24N2O6S2. The van der Waals surface area contributed by atoms with Crippen molar-refractivity contribution in [1.29, 1.82) is 0 Å². The molecule has 2 aromatic rings. The second-order valence-corrected chi connectivity index (χ2v) is 9.28. The van der Waals surface area contributed by atoms with Crippen LogP contribution in [-0.4, -0.2) is 57.6 Å². The van der Waals surface area contributed by atoms with E-state index in [-0.39, 0.29) is 16.6 Å². The van der Waals surface area contributed by atoms with Crippen LogP contribution in [-0.2, 0) is 14.8 Å². The van der Waals surface area contributed by atoms with E-state index in [0.29, 0.717) is 44.0 Å². The number of thiazole rings is 1. The van der Waals surface area contributed by atoms with Gasteiger partial charge in [-0.25, -0.2) is 18.2 Å². The monoisotopic (exact) mass is 440 g/mol. The van der Waals surface area contributed by atoms with E-state index in [0.717, 1.165) is 5.01 Å². The van der Waals surface area contributed by atoms with Gasteiger partial charge in [-0.2, -0.15) is 4.31 Å². The molecule has 0 atom stereocenters. The van der Waals surface area contributed by atoms with Gasteiger partial charge in [-0.05, 0) is 31.9 Å². The normalized spacial score (nSPS) is 15.8. The molecule has 0 spiro atoms. The number of carbonyl (C=O) groups excluding carboxylic acids is 1. The number of methoxy groups -OCH3 is 2. The molecule has 0 unspecified atom stereocenters. The van der Waals surface area contributed by atoms with Crippen molar-refractivity contribution in [3.63, 3.8) is 0 Å². The SMILES string of the molecule is CCOC(=O)c1csc(C2CCN(S(=O)(=O)c3cc(OC)ccc3OC)CC2)n1. The zero-order valence-corrected chi connectivity index (χ0v) is 18.2. The number of benzene rings is 1. The number of aromatic nitrogens is 1. The molecule has 3 rings (SSSR count). The van der Waals surface area contributed by atoms with Gasteiger partial charge < -0.3 is 14.2 Å². The van der Waals surface area contributed by atoms with Gasteiger partial charge in [0.05, 0.1) is 25.8 Å². The second kappa shape index (κ2) is 9.10. The highest BCUT2D eigenvalue weighted by atomic mass is 32.2. The van der Waals surface area contributed by atoms with Crippen molar-refractivity contribution in [3.05, 3.63) is 34.3 Å². The minimum atomic E-state index is -3.72. The van der Waals surface area contributed by atoms with Crippen LogP contribution in [0.5, 0.6) is 11.5 Å². The van der Waals surface area contributed by atoms with Crippen LogP contribution in [0, 0.1) is 0 Å². The highest BCUT2D eigenvalue weighted by Gasteiger charge is 2.33. The largest absolute Gasteiger partial charge is 0.497 e. The van der Waals surface area contributed by atoms with Crippen LogP contribution < -0.4 is 9.47 Å². The zero-order valence-electron chi connectivity index (χ0n) is 16.6. The molecule has 1 fully saturated rings. The summed E-state index contributed by atoms with van der Waals surface area (Å²) >= 11 is 1.41. The lowest BCUT2D eigenvalue weighted by Crippen LogP contribution is -2.38. The van der Waals surface area contributed by atoms with Gasteiger partial charge in [0, 0.05) is 30.5 Å². The Labute approximate surface area is 174 Å². The third-order valence-electron chi connectivity index (χ3n) is 4.80. The van der Waals surface area contributed by atoms with Gasteiger partial charge in [0.15, 0.2) is 5.69 Å². The summed E-state index contributed by atoms with van der Waals surface area (Å²) < 4.78 is 43.2. The fraction of sp³-hybridized carbons (Fsp3) is 0.474. The van der Waals surface area contributed by atoms with Crippen molar-refractivity contribution >= 4 is 27.3 Å². The average Bonchev–Trinajstić information content (AvgIpc) is 3.24. The minimum absolute atomic E-state index is 0.0941. The molecule has 1 aliphatic heterocycles. The van der Waals surface area contributed by atoms with Gasteiger partial charge >= 0.3 is 5.97 Å². The maximum atomic E-state index is 13.2. The van der Waals surface area contributed by atoms with E-state index < -0.39 is 16.0 Å². The Balaban J connectivity index is 1.73. The molecule has 1 saturated heterocycles. The Bertz CT molecular complexity index is 965. The third-order valence-corrected chi connectivity index (χ3v) is 7.73. The molecule has 0 amide bonds. The zero-order chi connectivity index (χ0) is 21.0. The van der Waals surface area contributed by atoms with E-state index in [2.05, 4.69) is 4.98 Å². The number of ether oxygens (including phenoxy) is 3. The third kappa shape index (κ3) is 4.54. The molecule has 158 valence electrons. The summed E-state index contributed by atoms with van der Waals surface area (Å²) in [6, 6.07) is 4.73. The maximum Gasteiger partial charge on any atom is 0.357 e. The van der Waals surface area contributed by atoms with Crippen molar-refractivity contribution in [2.45, 2.75) is 30.6 Å². The van der Waals surface area contributed by atoms with E-state index in [1.807, 2.05) is 0 Å². The maximum absolute atomic E-state index is 13.2. The lowest BCUT2D eigenvalue weighted by atomic mass is 9.99. The fourth-order valence-electron chi connectivity index (χ4n) is 3.24. The van der Waals surface area contributed by atoms with Gasteiger partial charge in [0.25, 0.3) is 0 Å². The molecule has 29 heavy (non-hydrogen) atoms. The Morgan fingerprint density at radius 2 is 1.97 bits per heavy atom. The van der Waals surface area contributed by atoms with Crippen molar-refractivity contribution in [1.82, 2.24) is 9.29 Å². The summed E-state index contributed by atoms with van der Waals surface area (Å²) in [5.41, 5.74) is 0.308. The first-order valence-electron chi connectivity index (χ1n) is 9.25. The fourth-order valence-corrected chi connectivity index (χ4v) is 5.84. The molecule has 0 aliphatic carbocycles. The van der Waals surface area contributed by atoms with E-state index in [1.165, 1.54) is 35.9 Å². The van der Waals surface area contributed by atoms with Crippen LogP contribution in [0.3, 0.4) is 0 Å². The summed E-state index contributed by atoms with van der Waals surface area (Å²) in [7, 11) is -0.792. The minimum Gasteiger partial charge on any atom is -0.497 e. The smallest absolute Gasteiger partial charge is 0.357 e. The second-order valence-electron chi connectivity index (χ2n) is 6.49. The van der Waals surface area contributed by atoms with Crippen molar-refractivity contribution < 1.29 is 27.4 Å². The summed E-state index contributed by atoms with van der Waals surface area (Å²) in [5, 5.41) is 2.53. The van der Waals surface area contributed by atoms with Gasteiger partial charge in [0.2, 0.25) is 10.0 Å². The molecule has 1 aromatic carbocycles. The Hall–Kier alpha value is -2.17. The number of rotatable bonds is 7. The predicted octanol–water partition coefficient (Wildman–Crippen LogP) is 2.91. The Kier molecular flexibility index (Phi) is 6.76. The van der Waals surface area contributed by atoms with Crippen molar-refractivity contribution in [2.24, 2.45) is 0 Å². The van der Waals surface area contributed by atoms with Gasteiger partial charge in [-0.15, -0.1) is 11.3 Å². The van der Waals surface area contributed by atoms with Gasteiger partial charge in [-0.1, -0.05) is 0 Å². The van der Waals surface area contributed by atoms with E-state index in [4.69, 9.17) is 14.2 Å². The van der Waals surface area contributed by atoms with Crippen LogP contribution in [0.25, 0.3) is 0 Å². The number of hydrogen-bond acceptors (Lipinski definition) is 8. The lowest BCUT2D eigenvalue weighted by Gasteiger charge is -2.30. The number of sulfonamides is 1. The Morgan fingerprint density at radius 3 is 2.59 bits per heavy atom. The highest BCUT2D eigenvalue weighted by molar-refractivity contribution is 7.89. The molecule has 0 bridgehead atoms. The number of carbonyl (C=O) groups is 1. The molecular weight excluding hydrogens is 416 g/mol. The van der Waals surface area contributed by atoms with Crippen LogP contribution >= 0.6 is 11.3 Å². The number of piperidine rings is 1. The molecule has 1 aromatic heterocycles. The van der Waals surface area contributed by atoms with Crippen LogP contribution in [0.4, 0.5) is 0 Å². The van der Waals surface area contributed by atoms with Crippen LogP contribution in [0.2, 0.25) is 0 Å². The predicted molar refractivity (Wildman–Crippen MR) is 108 cm³/mol. The molecule has 1 aliphatic rings. The molecule has 0 saturated carbocycles. The quantitative estimate of drug-likeness (QED) is 0.611. The van der Waals surface area contributed by atoms with Gasteiger partial charge in [0.1, 0.15) is 16.4 Å². The molecule has 0 N–H and O–H groups in total. The summed E-state index contributed by atoms with van der Waals surface area (Å²) in [4.78, 5) is 16.3. The molecule has 10 heteroatoms. The molecule has 0 radical (unpaired) electrons. The summed E-state index contributed by atoms with van der Waals surface area (Å²) in [6.45, 7) is 2.78. The molecule has 2 heterocycles. The molecule has 8 nitrogen and oxygen atoms in total. The average molecular weight is 441 g/mol. The Morgan fingerprint density at radius 1 is 1.24 bits per heavy atom. The summed E-state index contributed by atoms with van der Waals surface area (Å²) in [6.07, 6.45) is 1.25. The first kappa shape index (κ1) is 21.5. The topological polar surface area (TPSA) is 95.0 Å².